The summed E-state index contributed by atoms with van der Waals surface area (Å²) in [6.45, 7) is 2.30. The average molecular weight is 356 g/mol. The Balaban J connectivity index is 1.50. The fourth-order valence-corrected chi connectivity index (χ4v) is 3.64. The van der Waals surface area contributed by atoms with Crippen molar-refractivity contribution in [2.24, 2.45) is 0 Å². The summed E-state index contributed by atoms with van der Waals surface area (Å²) in [6, 6.07) is 13.1. The predicted octanol–water partition coefficient (Wildman–Crippen LogP) is 2.53. The van der Waals surface area contributed by atoms with Crippen LogP contribution in [0.1, 0.15) is 17.3 Å². The summed E-state index contributed by atoms with van der Waals surface area (Å²) in [5.41, 5.74) is 3.05. The molecule has 25 heavy (non-hydrogen) atoms. The first-order valence-electron chi connectivity index (χ1n) is 7.90. The molecule has 0 aliphatic carbocycles. The number of rotatable bonds is 3. The number of fused-ring (bicyclic) bond motifs is 2. The molecule has 3 N–H and O–H groups in total. The summed E-state index contributed by atoms with van der Waals surface area (Å²) in [5.74, 6) is -0.0357. The molecule has 2 aromatic rings. The first-order chi connectivity index (χ1) is 12.1. The van der Waals surface area contributed by atoms with Crippen molar-refractivity contribution in [1.29, 1.82) is 0 Å². The molecule has 2 aliphatic heterocycles. The molecular weight excluding hydrogens is 339 g/mol. The highest BCUT2D eigenvalue weighted by molar-refractivity contribution is 7.38. The van der Waals surface area contributed by atoms with Gasteiger partial charge in [-0.25, -0.2) is 0 Å². The van der Waals surface area contributed by atoms with E-state index in [0.29, 0.717) is 23.7 Å². The van der Waals surface area contributed by atoms with Crippen molar-refractivity contribution in [3.05, 3.63) is 48.0 Å². The third-order valence-electron chi connectivity index (χ3n) is 4.11. The molecular formula is C17H17N4O3P. The van der Waals surface area contributed by atoms with Crippen molar-refractivity contribution in [3.8, 4) is 5.75 Å². The summed E-state index contributed by atoms with van der Waals surface area (Å²) in [5, 5.41) is 8.98. The van der Waals surface area contributed by atoms with Gasteiger partial charge in [0.1, 0.15) is 0 Å². The Morgan fingerprint density at radius 2 is 2.04 bits per heavy atom. The second kappa shape index (κ2) is 6.26. The third kappa shape index (κ3) is 2.87. The summed E-state index contributed by atoms with van der Waals surface area (Å²) < 4.78 is 7.69. The van der Waals surface area contributed by atoms with E-state index in [9.17, 15) is 9.59 Å². The van der Waals surface area contributed by atoms with E-state index in [0.717, 1.165) is 11.4 Å². The standard InChI is InChI=1S/C17H17N4O3P/c1-10-16(22)19-13-7-4-5-11(15(13)24-10)17(23)20-25-21-9-18-12-6-2-3-8-14(12)21/h2-8,10,18,25H,9H2,1H3,(H,19,22)(H,20,23). The molecule has 128 valence electrons. The topological polar surface area (TPSA) is 82.7 Å². The van der Waals surface area contributed by atoms with E-state index in [1.165, 1.54) is 0 Å². The van der Waals surface area contributed by atoms with Gasteiger partial charge in [0.25, 0.3) is 11.8 Å². The maximum absolute atomic E-state index is 12.6. The fourth-order valence-electron chi connectivity index (χ4n) is 2.80. The van der Waals surface area contributed by atoms with Crippen LogP contribution in [0, 0.1) is 0 Å². The Morgan fingerprint density at radius 3 is 2.92 bits per heavy atom. The van der Waals surface area contributed by atoms with E-state index in [-0.39, 0.29) is 20.7 Å². The largest absolute Gasteiger partial charge is 0.478 e. The van der Waals surface area contributed by atoms with Crippen molar-refractivity contribution < 1.29 is 14.3 Å². The number of benzene rings is 2. The van der Waals surface area contributed by atoms with E-state index >= 15 is 0 Å². The van der Waals surface area contributed by atoms with Crippen LogP contribution in [0.3, 0.4) is 0 Å². The monoisotopic (exact) mass is 356 g/mol. The lowest BCUT2D eigenvalue weighted by Gasteiger charge is -2.25. The van der Waals surface area contributed by atoms with Crippen LogP contribution in [0.5, 0.6) is 5.75 Å². The molecule has 2 heterocycles. The minimum absolute atomic E-state index is 0.0893. The minimum Gasteiger partial charge on any atom is -0.478 e. The number of hydrogen-bond acceptors (Lipinski definition) is 5. The van der Waals surface area contributed by atoms with Crippen LogP contribution in [0.2, 0.25) is 0 Å². The van der Waals surface area contributed by atoms with Crippen LogP contribution in [0.4, 0.5) is 17.1 Å². The normalized spacial score (nSPS) is 18.2. The first-order valence-corrected chi connectivity index (χ1v) is 8.85. The number of nitrogens with zero attached hydrogens (tertiary/aromatic N) is 1. The van der Waals surface area contributed by atoms with Gasteiger partial charge in [-0.05, 0) is 31.2 Å². The summed E-state index contributed by atoms with van der Waals surface area (Å²) in [7, 11) is 0.0893. The van der Waals surface area contributed by atoms with Crippen LogP contribution in [0.15, 0.2) is 42.5 Å². The molecule has 2 unspecified atom stereocenters. The van der Waals surface area contributed by atoms with E-state index in [1.54, 1.807) is 25.1 Å². The van der Waals surface area contributed by atoms with Crippen LogP contribution in [-0.2, 0) is 4.79 Å². The predicted molar refractivity (Wildman–Crippen MR) is 98.4 cm³/mol. The number of hydrogen-bond donors (Lipinski definition) is 3. The Kier molecular flexibility index (Phi) is 3.93. The number of nitrogens with one attached hydrogen (secondary N) is 3. The zero-order valence-corrected chi connectivity index (χ0v) is 14.5. The zero-order chi connectivity index (χ0) is 17.4. The highest BCUT2D eigenvalue weighted by atomic mass is 31.1. The maximum atomic E-state index is 12.6. The van der Waals surface area contributed by atoms with Gasteiger partial charge in [-0.15, -0.1) is 0 Å². The number of amides is 2. The third-order valence-corrected chi connectivity index (χ3v) is 5.12. The number of ether oxygens (including phenoxy) is 1. The highest BCUT2D eigenvalue weighted by Gasteiger charge is 2.28. The molecule has 0 aromatic heterocycles. The van der Waals surface area contributed by atoms with Gasteiger partial charge >= 0.3 is 0 Å². The van der Waals surface area contributed by atoms with Crippen molar-refractivity contribution in [2.75, 3.05) is 22.0 Å². The number of carbonyl (C=O) groups is 2. The van der Waals surface area contributed by atoms with Crippen molar-refractivity contribution in [2.45, 2.75) is 13.0 Å². The molecule has 0 fully saturated rings. The molecule has 0 radical (unpaired) electrons. The van der Waals surface area contributed by atoms with Crippen LogP contribution < -0.4 is 25.1 Å². The second-order valence-corrected chi connectivity index (χ2v) is 6.79. The van der Waals surface area contributed by atoms with E-state index in [1.807, 2.05) is 24.3 Å². The van der Waals surface area contributed by atoms with Gasteiger partial charge in [0.2, 0.25) is 0 Å². The molecule has 2 aromatic carbocycles. The fraction of sp³-hybridized carbons (Fsp3) is 0.176. The minimum atomic E-state index is -0.626. The average Bonchev–Trinajstić information content (AvgIpc) is 3.03. The lowest BCUT2D eigenvalue weighted by molar-refractivity contribution is -0.122. The SMILES string of the molecule is CC1Oc2c(cccc2C(=O)NPN2CNc3ccccc32)NC1=O. The summed E-state index contributed by atoms with van der Waals surface area (Å²) in [4.78, 5) is 24.3. The summed E-state index contributed by atoms with van der Waals surface area (Å²) in [6.07, 6.45) is -0.626. The smallest absolute Gasteiger partial charge is 0.265 e. The molecule has 2 amide bonds. The number of carbonyl (C=O) groups excluding carboxylic acids is 2. The Bertz CT molecular complexity index is 858. The van der Waals surface area contributed by atoms with Gasteiger partial charge < -0.3 is 25.1 Å². The zero-order valence-electron chi connectivity index (χ0n) is 13.5. The lowest BCUT2D eigenvalue weighted by Crippen LogP contribution is -2.35. The van der Waals surface area contributed by atoms with E-state index < -0.39 is 6.10 Å². The Morgan fingerprint density at radius 1 is 1.24 bits per heavy atom. The van der Waals surface area contributed by atoms with Crippen LogP contribution >= 0.6 is 8.88 Å². The van der Waals surface area contributed by atoms with Gasteiger partial charge in [0.15, 0.2) is 11.9 Å². The molecule has 7 nitrogen and oxygen atoms in total. The van der Waals surface area contributed by atoms with Crippen molar-refractivity contribution >= 4 is 37.8 Å². The van der Waals surface area contributed by atoms with Gasteiger partial charge in [-0.3, -0.25) is 9.59 Å². The van der Waals surface area contributed by atoms with Crippen LogP contribution in [0.25, 0.3) is 0 Å². The molecule has 2 aliphatic rings. The second-order valence-electron chi connectivity index (χ2n) is 5.78. The Hall–Kier alpha value is -2.79. The van der Waals surface area contributed by atoms with Crippen LogP contribution in [-0.4, -0.2) is 24.6 Å². The maximum Gasteiger partial charge on any atom is 0.265 e. The molecule has 4 rings (SSSR count). The van der Waals surface area contributed by atoms with E-state index in [4.69, 9.17) is 4.74 Å². The lowest BCUT2D eigenvalue weighted by atomic mass is 10.1. The molecule has 0 saturated heterocycles. The summed E-state index contributed by atoms with van der Waals surface area (Å²) >= 11 is 0. The molecule has 0 spiro atoms. The number of anilines is 3. The number of para-hydroxylation sites is 3. The van der Waals surface area contributed by atoms with E-state index in [2.05, 4.69) is 20.4 Å². The van der Waals surface area contributed by atoms with Gasteiger partial charge in [0.05, 0.1) is 38.2 Å². The van der Waals surface area contributed by atoms with Crippen molar-refractivity contribution in [1.82, 2.24) is 5.09 Å². The van der Waals surface area contributed by atoms with Crippen molar-refractivity contribution in [3.63, 3.8) is 0 Å². The molecule has 0 saturated carbocycles. The first kappa shape index (κ1) is 15.7. The molecule has 0 bridgehead atoms. The molecule has 2 atom stereocenters. The quantitative estimate of drug-likeness (QED) is 0.736. The highest BCUT2D eigenvalue weighted by Crippen LogP contribution is 2.37. The van der Waals surface area contributed by atoms with Gasteiger partial charge in [-0.2, -0.15) is 0 Å². The van der Waals surface area contributed by atoms with Gasteiger partial charge in [-0.1, -0.05) is 18.2 Å². The Labute approximate surface area is 146 Å². The van der Waals surface area contributed by atoms with Gasteiger partial charge in [0, 0.05) is 0 Å². The molecule has 8 heteroatoms.